The molecule has 1 spiro atoms. The largest absolute Gasteiger partial charge is 0.355 e. The van der Waals surface area contributed by atoms with Crippen LogP contribution in [-0.4, -0.2) is 73.6 Å². The van der Waals surface area contributed by atoms with Crippen LogP contribution in [0.4, 0.5) is 4.79 Å². The van der Waals surface area contributed by atoms with Crippen LogP contribution in [0.15, 0.2) is 0 Å². The number of hydrogen-bond donors (Lipinski definition) is 2. The Kier molecular flexibility index (Phi) is 4.50. The second-order valence-electron chi connectivity index (χ2n) is 7.56. The summed E-state index contributed by atoms with van der Waals surface area (Å²) >= 11 is 0. The van der Waals surface area contributed by atoms with Gasteiger partial charge < -0.3 is 15.5 Å². The first kappa shape index (κ1) is 17.5. The summed E-state index contributed by atoms with van der Waals surface area (Å²) in [5, 5.41) is 5.38. The Morgan fingerprint density at radius 1 is 1.29 bits per heavy atom. The van der Waals surface area contributed by atoms with E-state index in [0.717, 1.165) is 0 Å². The third-order valence-electron chi connectivity index (χ3n) is 4.86. The molecule has 0 aromatic rings. The third kappa shape index (κ3) is 3.51. The molecule has 136 valence electrons. The number of sulfonamides is 1. The highest BCUT2D eigenvalue weighted by atomic mass is 32.2. The molecule has 2 saturated heterocycles. The van der Waals surface area contributed by atoms with Gasteiger partial charge in [0, 0.05) is 50.6 Å². The summed E-state index contributed by atoms with van der Waals surface area (Å²) in [6, 6.07) is -0.194. The smallest absolute Gasteiger partial charge is 0.317 e. The van der Waals surface area contributed by atoms with Gasteiger partial charge in [-0.25, -0.2) is 13.2 Å². The molecule has 0 aromatic carbocycles. The molecule has 0 aromatic heterocycles. The van der Waals surface area contributed by atoms with Gasteiger partial charge in [-0.2, -0.15) is 4.31 Å². The zero-order valence-corrected chi connectivity index (χ0v) is 15.1. The van der Waals surface area contributed by atoms with Crippen molar-refractivity contribution in [2.75, 3.05) is 32.7 Å². The Hall–Kier alpha value is -1.35. The van der Waals surface area contributed by atoms with Crippen LogP contribution in [0.2, 0.25) is 0 Å². The minimum absolute atomic E-state index is 0.00587. The van der Waals surface area contributed by atoms with Crippen LogP contribution in [0.1, 0.15) is 33.1 Å². The molecule has 2 heterocycles. The van der Waals surface area contributed by atoms with E-state index in [-0.39, 0.29) is 29.7 Å². The summed E-state index contributed by atoms with van der Waals surface area (Å²) in [6.07, 6.45) is 1.68. The van der Waals surface area contributed by atoms with Gasteiger partial charge in [0.2, 0.25) is 15.9 Å². The first-order valence-electron chi connectivity index (χ1n) is 8.53. The van der Waals surface area contributed by atoms with E-state index in [2.05, 4.69) is 10.6 Å². The van der Waals surface area contributed by atoms with Gasteiger partial charge in [-0.05, 0) is 26.7 Å². The fourth-order valence-corrected chi connectivity index (χ4v) is 5.44. The molecule has 0 unspecified atom stereocenters. The highest BCUT2D eigenvalue weighted by Crippen LogP contribution is 2.36. The van der Waals surface area contributed by atoms with E-state index < -0.39 is 15.4 Å². The average Bonchev–Trinajstić information content (AvgIpc) is 3.27. The van der Waals surface area contributed by atoms with Crippen LogP contribution >= 0.6 is 0 Å². The molecule has 1 aliphatic carbocycles. The molecule has 9 heteroatoms. The summed E-state index contributed by atoms with van der Waals surface area (Å²) < 4.78 is 26.9. The van der Waals surface area contributed by atoms with Gasteiger partial charge in [0.05, 0.1) is 5.25 Å². The molecule has 3 aliphatic rings. The minimum atomic E-state index is -3.33. The fourth-order valence-electron chi connectivity index (χ4n) is 3.50. The van der Waals surface area contributed by atoms with Crippen molar-refractivity contribution in [3.63, 3.8) is 0 Å². The highest BCUT2D eigenvalue weighted by molar-refractivity contribution is 7.90. The second kappa shape index (κ2) is 6.18. The van der Waals surface area contributed by atoms with Gasteiger partial charge in [0.15, 0.2) is 0 Å². The molecule has 24 heavy (non-hydrogen) atoms. The van der Waals surface area contributed by atoms with Crippen LogP contribution in [0.5, 0.6) is 0 Å². The van der Waals surface area contributed by atoms with Crippen LogP contribution < -0.4 is 10.6 Å². The molecule has 3 amide bonds. The van der Waals surface area contributed by atoms with E-state index in [4.69, 9.17) is 0 Å². The molecule has 0 bridgehead atoms. The summed E-state index contributed by atoms with van der Waals surface area (Å²) in [5.74, 6) is -0.0788. The van der Waals surface area contributed by atoms with Gasteiger partial charge in [-0.15, -0.1) is 0 Å². The third-order valence-corrected chi connectivity index (χ3v) is 7.20. The first-order chi connectivity index (χ1) is 11.2. The number of urea groups is 1. The van der Waals surface area contributed by atoms with Gasteiger partial charge >= 0.3 is 6.03 Å². The maximum absolute atomic E-state index is 12.7. The van der Waals surface area contributed by atoms with E-state index in [1.54, 1.807) is 4.90 Å². The van der Waals surface area contributed by atoms with Crippen molar-refractivity contribution in [1.82, 2.24) is 19.8 Å². The van der Waals surface area contributed by atoms with Crippen molar-refractivity contribution < 1.29 is 18.0 Å². The Balaban J connectivity index is 1.83. The molecule has 3 rings (SSSR count). The summed E-state index contributed by atoms with van der Waals surface area (Å²) in [4.78, 5) is 25.9. The van der Waals surface area contributed by atoms with Crippen molar-refractivity contribution in [3.05, 3.63) is 0 Å². The van der Waals surface area contributed by atoms with E-state index in [1.807, 2.05) is 13.8 Å². The molecule has 2 N–H and O–H groups in total. The summed E-state index contributed by atoms with van der Waals surface area (Å²) in [6.45, 7) is 5.51. The Bertz CT molecular complexity index is 631. The zero-order valence-electron chi connectivity index (χ0n) is 14.2. The van der Waals surface area contributed by atoms with E-state index >= 15 is 0 Å². The van der Waals surface area contributed by atoms with Crippen molar-refractivity contribution in [3.8, 4) is 0 Å². The molecule has 1 saturated carbocycles. The van der Waals surface area contributed by atoms with Crippen molar-refractivity contribution in [2.45, 2.75) is 44.4 Å². The number of carbonyl (C=O) groups excluding carboxylic acids is 2. The van der Waals surface area contributed by atoms with Gasteiger partial charge in [0.25, 0.3) is 0 Å². The van der Waals surface area contributed by atoms with Gasteiger partial charge in [-0.1, -0.05) is 0 Å². The molecular formula is C15H26N4O4S. The Labute approximate surface area is 143 Å². The maximum Gasteiger partial charge on any atom is 0.317 e. The molecule has 0 radical (unpaired) electrons. The van der Waals surface area contributed by atoms with Crippen LogP contribution in [0, 0.1) is 5.41 Å². The van der Waals surface area contributed by atoms with Gasteiger partial charge in [0.1, 0.15) is 0 Å². The summed E-state index contributed by atoms with van der Waals surface area (Å²) in [7, 11) is -3.33. The first-order valence-corrected chi connectivity index (χ1v) is 10.0. The monoisotopic (exact) mass is 358 g/mol. The number of carbonyl (C=O) groups is 2. The maximum atomic E-state index is 12.7. The average molecular weight is 358 g/mol. The number of rotatable bonds is 3. The minimum Gasteiger partial charge on any atom is -0.355 e. The fraction of sp³-hybridized carbons (Fsp3) is 0.867. The SMILES string of the molecule is CC(C)NC(=O)N1CCN(S(=O)(=O)C2CC2)C[C@]2(CNC(=O)C2)C1. The molecule has 2 aliphatic heterocycles. The van der Waals surface area contributed by atoms with Crippen molar-refractivity contribution >= 4 is 22.0 Å². The Morgan fingerprint density at radius 3 is 2.54 bits per heavy atom. The second-order valence-corrected chi connectivity index (χ2v) is 9.77. The van der Waals surface area contributed by atoms with Crippen molar-refractivity contribution in [2.24, 2.45) is 5.41 Å². The van der Waals surface area contributed by atoms with Gasteiger partial charge in [-0.3, -0.25) is 4.79 Å². The highest BCUT2D eigenvalue weighted by Gasteiger charge is 2.49. The Morgan fingerprint density at radius 2 is 2.00 bits per heavy atom. The number of amides is 3. The lowest BCUT2D eigenvalue weighted by Gasteiger charge is -2.32. The van der Waals surface area contributed by atoms with Crippen LogP contribution in [0.25, 0.3) is 0 Å². The lowest BCUT2D eigenvalue weighted by molar-refractivity contribution is -0.119. The van der Waals surface area contributed by atoms with E-state index in [0.29, 0.717) is 45.6 Å². The van der Waals surface area contributed by atoms with Crippen LogP contribution in [0.3, 0.4) is 0 Å². The van der Waals surface area contributed by atoms with Crippen LogP contribution in [-0.2, 0) is 14.8 Å². The summed E-state index contributed by atoms with van der Waals surface area (Å²) in [5.41, 5.74) is -0.538. The molecule has 1 atom stereocenters. The molecule has 8 nitrogen and oxygen atoms in total. The van der Waals surface area contributed by atoms with Crippen molar-refractivity contribution in [1.29, 1.82) is 0 Å². The molecule has 3 fully saturated rings. The number of nitrogens with zero attached hydrogens (tertiary/aromatic N) is 2. The van der Waals surface area contributed by atoms with E-state index in [9.17, 15) is 18.0 Å². The molecular weight excluding hydrogens is 332 g/mol. The standard InChI is InChI=1S/C15H26N4O4S/c1-11(2)17-14(21)18-5-6-19(24(22,23)12-3-4-12)10-15(9-18)7-13(20)16-8-15/h11-12H,3-10H2,1-2H3,(H,16,20)(H,17,21)/t15-/m1/s1. The number of hydrogen-bond acceptors (Lipinski definition) is 4. The number of nitrogens with one attached hydrogen (secondary N) is 2. The predicted molar refractivity (Wildman–Crippen MR) is 88.8 cm³/mol. The zero-order chi connectivity index (χ0) is 17.5. The normalized spacial score (nSPS) is 29.0. The lowest BCUT2D eigenvalue weighted by atomic mass is 9.86. The lowest BCUT2D eigenvalue weighted by Crippen LogP contribution is -2.49. The van der Waals surface area contributed by atoms with E-state index in [1.165, 1.54) is 4.31 Å². The quantitative estimate of drug-likeness (QED) is 0.725. The predicted octanol–water partition coefficient (Wildman–Crippen LogP) is -0.279. The topological polar surface area (TPSA) is 98.8 Å².